The van der Waals surface area contributed by atoms with E-state index in [9.17, 15) is 18.0 Å². The average molecular weight is 288 g/mol. The van der Waals surface area contributed by atoms with Gasteiger partial charge in [0.2, 0.25) is 5.91 Å². The molecule has 2 N–H and O–H groups in total. The van der Waals surface area contributed by atoms with Crippen molar-refractivity contribution in [1.82, 2.24) is 5.32 Å². The van der Waals surface area contributed by atoms with E-state index in [0.717, 1.165) is 19.5 Å². The van der Waals surface area contributed by atoms with Crippen molar-refractivity contribution < 1.29 is 22.7 Å². The molecule has 0 aromatic heterocycles. The van der Waals surface area contributed by atoms with Crippen molar-refractivity contribution in [1.29, 1.82) is 0 Å². The van der Waals surface area contributed by atoms with Crippen LogP contribution in [-0.4, -0.2) is 25.4 Å². The van der Waals surface area contributed by atoms with E-state index in [2.05, 4.69) is 15.4 Å². The zero-order valence-electron chi connectivity index (χ0n) is 10.7. The van der Waals surface area contributed by atoms with Crippen molar-refractivity contribution in [3.05, 3.63) is 24.3 Å². The van der Waals surface area contributed by atoms with Crippen LogP contribution in [0.3, 0.4) is 0 Å². The van der Waals surface area contributed by atoms with Crippen LogP contribution in [0.4, 0.5) is 18.9 Å². The van der Waals surface area contributed by atoms with Crippen LogP contribution in [0.2, 0.25) is 0 Å². The molecule has 1 aliphatic rings. The third-order valence-corrected chi connectivity index (χ3v) is 3.02. The first kappa shape index (κ1) is 14.6. The van der Waals surface area contributed by atoms with E-state index in [1.54, 1.807) is 0 Å². The zero-order chi connectivity index (χ0) is 14.6. The van der Waals surface area contributed by atoms with Crippen molar-refractivity contribution in [2.24, 2.45) is 5.92 Å². The van der Waals surface area contributed by atoms with E-state index >= 15 is 0 Å². The summed E-state index contributed by atoms with van der Waals surface area (Å²) in [5.41, 5.74) is 0.0285. The lowest BCUT2D eigenvalue weighted by Crippen LogP contribution is -2.21. The maximum Gasteiger partial charge on any atom is 0.573 e. The number of rotatable bonds is 4. The van der Waals surface area contributed by atoms with Gasteiger partial charge in [-0.2, -0.15) is 0 Å². The van der Waals surface area contributed by atoms with Gasteiger partial charge in [-0.1, -0.05) is 12.1 Å². The number of carbonyl (C=O) groups is 1. The Labute approximate surface area is 114 Å². The average Bonchev–Trinajstić information content (AvgIpc) is 2.82. The standard InChI is InChI=1S/C13H15F3N2O2/c14-13(15,16)20-11-4-2-1-3-10(11)18-12(19)7-9-5-6-17-8-9/h1-4,9,17H,5-8H2,(H,18,19). The molecule has 1 saturated heterocycles. The number of carbonyl (C=O) groups excluding carboxylic acids is 1. The molecule has 1 unspecified atom stereocenters. The molecule has 110 valence electrons. The zero-order valence-corrected chi connectivity index (χ0v) is 10.7. The van der Waals surface area contributed by atoms with Gasteiger partial charge in [-0.25, -0.2) is 0 Å². The highest BCUT2D eigenvalue weighted by Gasteiger charge is 2.32. The van der Waals surface area contributed by atoms with E-state index < -0.39 is 12.1 Å². The molecule has 0 aliphatic carbocycles. The first-order valence-corrected chi connectivity index (χ1v) is 6.29. The third-order valence-electron chi connectivity index (χ3n) is 3.02. The van der Waals surface area contributed by atoms with Gasteiger partial charge >= 0.3 is 6.36 Å². The molecule has 0 spiro atoms. The fourth-order valence-electron chi connectivity index (χ4n) is 2.14. The van der Waals surface area contributed by atoms with Crippen molar-refractivity contribution in [2.45, 2.75) is 19.2 Å². The number of hydrogen-bond donors (Lipinski definition) is 2. The van der Waals surface area contributed by atoms with Crippen LogP contribution in [0.1, 0.15) is 12.8 Å². The second-order valence-electron chi connectivity index (χ2n) is 4.66. The van der Waals surface area contributed by atoms with Crippen LogP contribution in [0, 0.1) is 5.92 Å². The molecular weight excluding hydrogens is 273 g/mol. The van der Waals surface area contributed by atoms with Gasteiger partial charge in [0, 0.05) is 6.42 Å². The number of benzene rings is 1. The van der Waals surface area contributed by atoms with Crippen molar-refractivity contribution in [3.8, 4) is 5.75 Å². The number of nitrogens with one attached hydrogen (secondary N) is 2. The molecule has 1 heterocycles. The molecule has 1 amide bonds. The fourth-order valence-corrected chi connectivity index (χ4v) is 2.14. The first-order valence-electron chi connectivity index (χ1n) is 6.29. The number of hydrogen-bond acceptors (Lipinski definition) is 3. The molecule has 7 heteroatoms. The highest BCUT2D eigenvalue weighted by Crippen LogP contribution is 2.30. The van der Waals surface area contributed by atoms with Crippen LogP contribution >= 0.6 is 0 Å². The number of alkyl halides is 3. The summed E-state index contributed by atoms with van der Waals surface area (Å²) in [6, 6.07) is 5.50. The third kappa shape index (κ3) is 4.41. The molecule has 0 bridgehead atoms. The summed E-state index contributed by atoms with van der Waals surface area (Å²) in [4.78, 5) is 11.8. The Morgan fingerprint density at radius 1 is 1.40 bits per heavy atom. The summed E-state index contributed by atoms with van der Waals surface area (Å²) < 4.78 is 40.6. The molecule has 1 aromatic rings. The fraction of sp³-hybridized carbons (Fsp3) is 0.462. The van der Waals surface area contributed by atoms with Crippen LogP contribution < -0.4 is 15.4 Å². The lowest BCUT2D eigenvalue weighted by Gasteiger charge is -2.14. The molecule has 0 radical (unpaired) electrons. The van der Waals surface area contributed by atoms with Gasteiger partial charge in [-0.15, -0.1) is 13.2 Å². The highest BCUT2D eigenvalue weighted by atomic mass is 19.4. The lowest BCUT2D eigenvalue weighted by atomic mass is 10.0. The first-order chi connectivity index (χ1) is 9.44. The number of anilines is 1. The Balaban J connectivity index is 1.99. The summed E-state index contributed by atoms with van der Waals surface area (Å²) in [6.45, 7) is 1.62. The molecule has 1 aliphatic heterocycles. The number of para-hydroxylation sites is 2. The maximum absolute atomic E-state index is 12.2. The van der Waals surface area contributed by atoms with Gasteiger partial charge in [0.05, 0.1) is 5.69 Å². The molecule has 20 heavy (non-hydrogen) atoms. The van der Waals surface area contributed by atoms with E-state index in [1.165, 1.54) is 24.3 Å². The van der Waals surface area contributed by atoms with Crippen molar-refractivity contribution >= 4 is 11.6 Å². The molecule has 2 rings (SSSR count). The minimum absolute atomic E-state index is 0.0285. The minimum atomic E-state index is -4.78. The van der Waals surface area contributed by atoms with E-state index in [-0.39, 0.29) is 23.9 Å². The molecule has 1 atom stereocenters. The number of ether oxygens (including phenoxy) is 1. The Morgan fingerprint density at radius 3 is 2.80 bits per heavy atom. The van der Waals surface area contributed by atoms with Crippen LogP contribution in [0.25, 0.3) is 0 Å². The molecule has 4 nitrogen and oxygen atoms in total. The molecular formula is C13H15F3N2O2. The normalized spacial score (nSPS) is 18.9. The summed E-state index contributed by atoms with van der Waals surface area (Å²) in [6.07, 6.45) is -3.60. The van der Waals surface area contributed by atoms with Crippen molar-refractivity contribution in [2.75, 3.05) is 18.4 Å². The lowest BCUT2D eigenvalue weighted by molar-refractivity contribution is -0.274. The molecule has 0 saturated carbocycles. The predicted octanol–water partition coefficient (Wildman–Crippen LogP) is 2.52. The summed E-state index contributed by atoms with van der Waals surface area (Å²) in [7, 11) is 0. The van der Waals surface area contributed by atoms with Gasteiger partial charge in [-0.3, -0.25) is 4.79 Å². The summed E-state index contributed by atoms with van der Waals surface area (Å²) in [5, 5.41) is 5.60. The number of halogens is 3. The SMILES string of the molecule is O=C(CC1CCNC1)Nc1ccccc1OC(F)(F)F. The molecule has 1 aromatic carbocycles. The Bertz CT molecular complexity index is 471. The van der Waals surface area contributed by atoms with E-state index in [0.29, 0.717) is 0 Å². The summed E-state index contributed by atoms with van der Waals surface area (Å²) >= 11 is 0. The second kappa shape index (κ2) is 6.13. The largest absolute Gasteiger partial charge is 0.573 e. The van der Waals surface area contributed by atoms with E-state index in [1.807, 2.05) is 0 Å². The highest BCUT2D eigenvalue weighted by molar-refractivity contribution is 5.92. The topological polar surface area (TPSA) is 50.4 Å². The van der Waals surface area contributed by atoms with Gasteiger partial charge in [0.15, 0.2) is 5.75 Å². The van der Waals surface area contributed by atoms with E-state index in [4.69, 9.17) is 0 Å². The van der Waals surface area contributed by atoms with Gasteiger partial charge in [0.1, 0.15) is 0 Å². The smallest absolute Gasteiger partial charge is 0.404 e. The second-order valence-corrected chi connectivity index (χ2v) is 4.66. The van der Waals surface area contributed by atoms with Gasteiger partial charge in [0.25, 0.3) is 0 Å². The molecule has 1 fully saturated rings. The van der Waals surface area contributed by atoms with Gasteiger partial charge in [-0.05, 0) is 37.6 Å². The minimum Gasteiger partial charge on any atom is -0.404 e. The van der Waals surface area contributed by atoms with Crippen molar-refractivity contribution in [3.63, 3.8) is 0 Å². The summed E-state index contributed by atoms with van der Waals surface area (Å²) in [5.74, 6) is -0.486. The maximum atomic E-state index is 12.2. The van der Waals surface area contributed by atoms with Gasteiger partial charge < -0.3 is 15.4 Å². The van der Waals surface area contributed by atoms with Crippen LogP contribution in [-0.2, 0) is 4.79 Å². The monoisotopic (exact) mass is 288 g/mol. The Morgan fingerprint density at radius 2 is 2.15 bits per heavy atom. The predicted molar refractivity (Wildman–Crippen MR) is 67.3 cm³/mol. The Hall–Kier alpha value is -1.76. The quantitative estimate of drug-likeness (QED) is 0.895. The van der Waals surface area contributed by atoms with Crippen LogP contribution in [0.15, 0.2) is 24.3 Å². The Kier molecular flexibility index (Phi) is 4.49. The number of amides is 1. The van der Waals surface area contributed by atoms with Crippen LogP contribution in [0.5, 0.6) is 5.75 Å².